The summed E-state index contributed by atoms with van der Waals surface area (Å²) in [4.78, 5) is 72.8. The van der Waals surface area contributed by atoms with Crippen molar-refractivity contribution in [1.29, 1.82) is 0 Å². The summed E-state index contributed by atoms with van der Waals surface area (Å²) < 4.78 is 68.5. The van der Waals surface area contributed by atoms with Crippen molar-refractivity contribution in [2.75, 3.05) is 39.6 Å². The molecular formula is C77H150O17P2. The van der Waals surface area contributed by atoms with Crippen molar-refractivity contribution in [1.82, 2.24) is 0 Å². The first kappa shape index (κ1) is 94.1. The summed E-state index contributed by atoms with van der Waals surface area (Å²) >= 11 is 0. The number of hydrogen-bond acceptors (Lipinski definition) is 15. The van der Waals surface area contributed by atoms with Gasteiger partial charge in [-0.1, -0.05) is 344 Å². The molecule has 0 rings (SSSR count). The summed E-state index contributed by atoms with van der Waals surface area (Å²) in [6.45, 7) is 11.9. The molecule has 0 aliphatic rings. The van der Waals surface area contributed by atoms with Gasteiger partial charge in [0.05, 0.1) is 26.4 Å². The Morgan fingerprint density at radius 1 is 0.302 bits per heavy atom. The maximum absolute atomic E-state index is 13.1. The van der Waals surface area contributed by atoms with Crippen LogP contribution in [0.3, 0.4) is 0 Å². The van der Waals surface area contributed by atoms with Gasteiger partial charge in [-0.15, -0.1) is 0 Å². The van der Waals surface area contributed by atoms with E-state index >= 15 is 0 Å². The van der Waals surface area contributed by atoms with E-state index in [4.69, 9.17) is 37.0 Å². The van der Waals surface area contributed by atoms with E-state index in [1.807, 2.05) is 0 Å². The number of aliphatic hydroxyl groups excluding tert-OH is 1. The highest BCUT2D eigenvalue weighted by molar-refractivity contribution is 7.47. The lowest BCUT2D eigenvalue weighted by Gasteiger charge is -2.21. The lowest BCUT2D eigenvalue weighted by Crippen LogP contribution is -2.30. The summed E-state index contributed by atoms with van der Waals surface area (Å²) in [5.74, 6) is 0.190. The molecule has 0 aromatic rings. The van der Waals surface area contributed by atoms with Crippen molar-refractivity contribution in [2.24, 2.45) is 17.8 Å². The number of rotatable bonds is 75. The average molecular weight is 1410 g/mol. The largest absolute Gasteiger partial charge is 0.472 e. The molecule has 0 aliphatic carbocycles. The molecule has 0 spiro atoms. The molecule has 3 N–H and O–H groups in total. The van der Waals surface area contributed by atoms with E-state index in [9.17, 15) is 43.2 Å². The van der Waals surface area contributed by atoms with Gasteiger partial charge in [-0.2, -0.15) is 0 Å². The second-order valence-electron chi connectivity index (χ2n) is 28.9. The van der Waals surface area contributed by atoms with Gasteiger partial charge in [0.25, 0.3) is 0 Å². The SMILES string of the molecule is CCCCCCCCCCCCCCCCC(=O)O[C@H](COC(=O)CCCCCCCCC(C)C)COP(=O)(O)OC[C@H](O)COP(=O)(O)OC[C@@H](COC(=O)CCCCCCCCCCCCCCC(C)C)OC(=O)CCCCCCCCCCCCCCCCC(C)CC. The average Bonchev–Trinajstić information content (AvgIpc) is 1.10. The number of phosphoric acid groups is 2. The minimum atomic E-state index is -4.96. The lowest BCUT2D eigenvalue weighted by atomic mass is 9.99. The molecular weight excluding hydrogens is 1260 g/mol. The van der Waals surface area contributed by atoms with E-state index in [1.165, 1.54) is 199 Å². The van der Waals surface area contributed by atoms with Crippen LogP contribution in [0.5, 0.6) is 0 Å². The molecule has 0 amide bonds. The Hall–Kier alpha value is -1.94. The Morgan fingerprint density at radius 2 is 0.531 bits per heavy atom. The van der Waals surface area contributed by atoms with Gasteiger partial charge in [0.1, 0.15) is 19.3 Å². The molecule has 0 aromatic heterocycles. The Balaban J connectivity index is 5.24. The van der Waals surface area contributed by atoms with E-state index in [-0.39, 0.29) is 25.7 Å². The standard InChI is InChI=1S/C77H150O17P2/c1-8-10-11-12-13-14-15-16-20-27-32-37-46-53-60-77(82)94-73(65-88-75(80)59-52-45-40-39-42-49-56-69(5)6)67-92-96(85,86)90-63-71(78)62-89-95(83,84)91-66-72(64-87-74(79)58-51-44-36-31-26-23-22-24-29-34-41-48-55-68(3)4)93-76(81)61-54-47-38-33-28-21-18-17-19-25-30-35-43-50-57-70(7)9-2/h68-73,78H,8-67H2,1-7H3,(H,83,84)(H,85,86)/t70?,71-,72-,73-/m1/s1. The van der Waals surface area contributed by atoms with Crippen LogP contribution in [-0.2, 0) is 65.4 Å². The van der Waals surface area contributed by atoms with Crippen LogP contribution in [0.15, 0.2) is 0 Å². The topological polar surface area (TPSA) is 237 Å². The normalized spacial score (nSPS) is 14.3. The molecule has 570 valence electrons. The predicted molar refractivity (Wildman–Crippen MR) is 391 cm³/mol. The third-order valence-electron chi connectivity index (χ3n) is 18.2. The summed E-state index contributed by atoms with van der Waals surface area (Å²) in [7, 11) is -9.91. The summed E-state index contributed by atoms with van der Waals surface area (Å²) in [6, 6.07) is 0. The zero-order valence-corrected chi connectivity index (χ0v) is 64.6. The molecule has 6 atom stereocenters. The Morgan fingerprint density at radius 3 is 0.792 bits per heavy atom. The fraction of sp³-hybridized carbons (Fsp3) is 0.948. The van der Waals surface area contributed by atoms with Crippen LogP contribution in [-0.4, -0.2) is 96.7 Å². The molecule has 0 heterocycles. The molecule has 0 radical (unpaired) electrons. The number of carbonyl (C=O) groups is 4. The minimum absolute atomic E-state index is 0.107. The van der Waals surface area contributed by atoms with E-state index in [0.717, 1.165) is 108 Å². The quantitative estimate of drug-likeness (QED) is 0.0222. The summed E-state index contributed by atoms with van der Waals surface area (Å²) in [6.07, 6.45) is 54.1. The van der Waals surface area contributed by atoms with Crippen LogP contribution in [0.25, 0.3) is 0 Å². The van der Waals surface area contributed by atoms with Gasteiger partial charge in [-0.3, -0.25) is 37.3 Å². The molecule has 0 saturated carbocycles. The highest BCUT2D eigenvalue weighted by Gasteiger charge is 2.30. The smallest absolute Gasteiger partial charge is 0.462 e. The number of phosphoric ester groups is 2. The molecule has 0 fully saturated rings. The van der Waals surface area contributed by atoms with Crippen molar-refractivity contribution in [3.8, 4) is 0 Å². The van der Waals surface area contributed by atoms with Gasteiger partial charge in [0.15, 0.2) is 12.2 Å². The van der Waals surface area contributed by atoms with Gasteiger partial charge < -0.3 is 33.8 Å². The molecule has 0 saturated heterocycles. The molecule has 19 heteroatoms. The number of carbonyl (C=O) groups excluding carboxylic acids is 4. The first-order valence-electron chi connectivity index (χ1n) is 39.9. The van der Waals surface area contributed by atoms with Gasteiger partial charge in [-0.25, -0.2) is 9.13 Å². The molecule has 17 nitrogen and oxygen atoms in total. The Kier molecular flexibility index (Phi) is 66.2. The molecule has 0 aromatic carbocycles. The number of hydrogen-bond donors (Lipinski definition) is 3. The van der Waals surface area contributed by atoms with E-state index < -0.39 is 97.5 Å². The monoisotopic (exact) mass is 1410 g/mol. The molecule has 0 bridgehead atoms. The van der Waals surface area contributed by atoms with Gasteiger partial charge >= 0.3 is 39.5 Å². The van der Waals surface area contributed by atoms with Crippen LogP contribution < -0.4 is 0 Å². The zero-order chi connectivity index (χ0) is 70.9. The Bertz CT molecular complexity index is 1870. The van der Waals surface area contributed by atoms with E-state index in [1.54, 1.807) is 0 Å². The molecule has 0 aliphatic heterocycles. The van der Waals surface area contributed by atoms with Crippen LogP contribution in [0, 0.1) is 17.8 Å². The van der Waals surface area contributed by atoms with Crippen molar-refractivity contribution < 1.29 is 80.2 Å². The van der Waals surface area contributed by atoms with Gasteiger partial charge in [-0.05, 0) is 43.4 Å². The fourth-order valence-electron chi connectivity index (χ4n) is 11.7. The Labute approximate surface area is 588 Å². The summed E-state index contributed by atoms with van der Waals surface area (Å²) in [5.41, 5.74) is 0. The number of unbranched alkanes of at least 4 members (excludes halogenated alkanes) is 42. The molecule has 96 heavy (non-hydrogen) atoms. The third kappa shape index (κ3) is 69.2. The number of aliphatic hydroxyl groups is 1. The first-order valence-corrected chi connectivity index (χ1v) is 42.9. The zero-order valence-electron chi connectivity index (χ0n) is 62.8. The minimum Gasteiger partial charge on any atom is -0.462 e. The highest BCUT2D eigenvalue weighted by atomic mass is 31.2. The van der Waals surface area contributed by atoms with Crippen molar-refractivity contribution in [3.63, 3.8) is 0 Å². The maximum Gasteiger partial charge on any atom is 0.472 e. The van der Waals surface area contributed by atoms with Crippen molar-refractivity contribution in [2.45, 2.75) is 414 Å². The van der Waals surface area contributed by atoms with Gasteiger partial charge in [0.2, 0.25) is 0 Å². The fourth-order valence-corrected chi connectivity index (χ4v) is 13.3. The van der Waals surface area contributed by atoms with Crippen LogP contribution in [0.4, 0.5) is 0 Å². The second-order valence-corrected chi connectivity index (χ2v) is 31.8. The number of ether oxygens (including phenoxy) is 4. The van der Waals surface area contributed by atoms with Gasteiger partial charge in [0, 0.05) is 25.7 Å². The lowest BCUT2D eigenvalue weighted by molar-refractivity contribution is -0.161. The predicted octanol–water partition coefficient (Wildman–Crippen LogP) is 22.6. The van der Waals surface area contributed by atoms with Crippen LogP contribution in [0.1, 0.15) is 395 Å². The molecule has 3 unspecified atom stereocenters. The first-order chi connectivity index (χ1) is 46.3. The van der Waals surface area contributed by atoms with E-state index in [0.29, 0.717) is 31.6 Å². The number of esters is 4. The van der Waals surface area contributed by atoms with Crippen molar-refractivity contribution in [3.05, 3.63) is 0 Å². The second kappa shape index (κ2) is 67.5. The van der Waals surface area contributed by atoms with Crippen LogP contribution in [0.2, 0.25) is 0 Å². The van der Waals surface area contributed by atoms with Crippen molar-refractivity contribution >= 4 is 39.5 Å². The maximum atomic E-state index is 13.1. The summed E-state index contributed by atoms with van der Waals surface area (Å²) in [5, 5.41) is 10.6. The highest BCUT2D eigenvalue weighted by Crippen LogP contribution is 2.45. The third-order valence-corrected chi connectivity index (χ3v) is 20.1. The van der Waals surface area contributed by atoms with Crippen LogP contribution >= 0.6 is 15.6 Å². The van der Waals surface area contributed by atoms with E-state index in [2.05, 4.69) is 48.5 Å².